The number of phenols is 1. The average molecular weight is 250 g/mol. The van der Waals surface area contributed by atoms with Crippen LogP contribution >= 0.6 is 0 Å². The highest BCUT2D eigenvalue weighted by molar-refractivity contribution is 5.65. The van der Waals surface area contributed by atoms with Crippen LogP contribution in [0.4, 0.5) is 0 Å². The Kier molecular flexibility index (Phi) is 3.02. The minimum Gasteiger partial charge on any atom is -0.508 e. The molecular formula is C16H14N2O. The van der Waals surface area contributed by atoms with Gasteiger partial charge < -0.3 is 9.67 Å². The molecule has 0 unspecified atom stereocenters. The third-order valence-electron chi connectivity index (χ3n) is 3.06. The highest BCUT2D eigenvalue weighted by Gasteiger charge is 2.00. The van der Waals surface area contributed by atoms with E-state index in [4.69, 9.17) is 0 Å². The van der Waals surface area contributed by atoms with E-state index in [1.807, 2.05) is 29.2 Å². The van der Waals surface area contributed by atoms with E-state index in [1.165, 1.54) is 5.56 Å². The number of aromatic nitrogens is 2. The van der Waals surface area contributed by atoms with E-state index in [0.29, 0.717) is 5.75 Å². The molecule has 0 saturated heterocycles. The van der Waals surface area contributed by atoms with E-state index < -0.39 is 0 Å². The summed E-state index contributed by atoms with van der Waals surface area (Å²) in [6.45, 7) is 0.820. The maximum atomic E-state index is 9.49. The van der Waals surface area contributed by atoms with Gasteiger partial charge in [-0.15, -0.1) is 0 Å². The lowest BCUT2D eigenvalue weighted by atomic mass is 10.0. The van der Waals surface area contributed by atoms with Crippen LogP contribution in [-0.2, 0) is 6.54 Å². The van der Waals surface area contributed by atoms with Crippen molar-refractivity contribution < 1.29 is 5.11 Å². The van der Waals surface area contributed by atoms with Gasteiger partial charge in [0.05, 0.1) is 6.33 Å². The molecule has 3 aromatic rings. The van der Waals surface area contributed by atoms with Crippen LogP contribution in [0.15, 0.2) is 67.3 Å². The molecule has 2 aromatic carbocycles. The molecule has 0 aliphatic carbocycles. The number of aromatic hydroxyl groups is 1. The normalized spacial score (nSPS) is 10.5. The molecule has 0 amide bonds. The van der Waals surface area contributed by atoms with Crippen LogP contribution in [0.5, 0.6) is 5.75 Å². The van der Waals surface area contributed by atoms with Crippen molar-refractivity contribution in [3.8, 4) is 16.9 Å². The lowest BCUT2D eigenvalue weighted by molar-refractivity contribution is 0.475. The molecule has 1 N–H and O–H groups in total. The summed E-state index contributed by atoms with van der Waals surface area (Å²) in [5, 5.41) is 9.49. The van der Waals surface area contributed by atoms with E-state index in [0.717, 1.165) is 17.7 Å². The largest absolute Gasteiger partial charge is 0.508 e. The highest BCUT2D eigenvalue weighted by atomic mass is 16.3. The first-order valence-electron chi connectivity index (χ1n) is 6.15. The Hall–Kier alpha value is -2.55. The second-order valence-corrected chi connectivity index (χ2v) is 4.48. The molecule has 0 bridgehead atoms. The van der Waals surface area contributed by atoms with Crippen LogP contribution in [0, 0.1) is 0 Å². The molecule has 1 heterocycles. The van der Waals surface area contributed by atoms with Gasteiger partial charge in [-0.05, 0) is 28.8 Å². The summed E-state index contributed by atoms with van der Waals surface area (Å²) in [7, 11) is 0. The van der Waals surface area contributed by atoms with Gasteiger partial charge in [-0.2, -0.15) is 0 Å². The first-order chi connectivity index (χ1) is 9.31. The Morgan fingerprint density at radius 2 is 1.84 bits per heavy atom. The van der Waals surface area contributed by atoms with Gasteiger partial charge in [0, 0.05) is 18.9 Å². The fraction of sp³-hybridized carbons (Fsp3) is 0.0625. The van der Waals surface area contributed by atoms with E-state index in [-0.39, 0.29) is 0 Å². The monoisotopic (exact) mass is 250 g/mol. The van der Waals surface area contributed by atoms with Gasteiger partial charge in [0.25, 0.3) is 0 Å². The van der Waals surface area contributed by atoms with E-state index in [9.17, 15) is 5.11 Å². The van der Waals surface area contributed by atoms with Crippen molar-refractivity contribution in [1.82, 2.24) is 9.55 Å². The molecule has 0 spiro atoms. The molecule has 0 fully saturated rings. The predicted octanol–water partition coefficient (Wildman–Crippen LogP) is 3.30. The second-order valence-electron chi connectivity index (χ2n) is 4.48. The summed E-state index contributed by atoms with van der Waals surface area (Å²) in [5.74, 6) is 0.292. The summed E-state index contributed by atoms with van der Waals surface area (Å²) < 4.78 is 2.03. The van der Waals surface area contributed by atoms with Crippen molar-refractivity contribution >= 4 is 0 Å². The van der Waals surface area contributed by atoms with Crippen molar-refractivity contribution in [3.63, 3.8) is 0 Å². The maximum Gasteiger partial charge on any atom is 0.116 e. The van der Waals surface area contributed by atoms with E-state index in [1.54, 1.807) is 18.3 Å². The van der Waals surface area contributed by atoms with Gasteiger partial charge in [-0.1, -0.05) is 36.4 Å². The number of benzene rings is 2. The van der Waals surface area contributed by atoms with Crippen LogP contribution in [0.25, 0.3) is 11.1 Å². The summed E-state index contributed by atoms with van der Waals surface area (Å²) in [5.41, 5.74) is 3.35. The van der Waals surface area contributed by atoms with Crippen molar-refractivity contribution in [2.45, 2.75) is 6.54 Å². The highest BCUT2D eigenvalue weighted by Crippen LogP contribution is 2.23. The fourth-order valence-corrected chi connectivity index (χ4v) is 2.08. The summed E-state index contributed by atoms with van der Waals surface area (Å²) in [6.07, 6.45) is 5.54. The van der Waals surface area contributed by atoms with Gasteiger partial charge in [-0.25, -0.2) is 4.98 Å². The molecule has 94 valence electrons. The molecule has 0 atom stereocenters. The number of hydrogen-bond acceptors (Lipinski definition) is 2. The molecule has 19 heavy (non-hydrogen) atoms. The summed E-state index contributed by atoms with van der Waals surface area (Å²) in [4.78, 5) is 4.03. The Labute approximate surface area is 111 Å². The van der Waals surface area contributed by atoms with Gasteiger partial charge >= 0.3 is 0 Å². The minimum atomic E-state index is 0.292. The van der Waals surface area contributed by atoms with Gasteiger partial charge in [-0.3, -0.25) is 0 Å². The number of imidazole rings is 1. The van der Waals surface area contributed by atoms with Crippen LogP contribution in [-0.4, -0.2) is 14.7 Å². The van der Waals surface area contributed by atoms with Gasteiger partial charge in [0.2, 0.25) is 0 Å². The Balaban J connectivity index is 1.82. The molecule has 3 nitrogen and oxygen atoms in total. The predicted molar refractivity (Wildman–Crippen MR) is 74.9 cm³/mol. The SMILES string of the molecule is Oc1cccc(-c2ccc(Cn3ccnc3)cc2)c1. The molecule has 0 saturated carbocycles. The average Bonchev–Trinajstić information content (AvgIpc) is 2.92. The number of hydrogen-bond donors (Lipinski definition) is 1. The molecule has 3 rings (SSSR count). The van der Waals surface area contributed by atoms with Crippen molar-refractivity contribution in [2.75, 3.05) is 0 Å². The molecule has 0 aliphatic rings. The summed E-state index contributed by atoms with van der Waals surface area (Å²) in [6, 6.07) is 15.6. The van der Waals surface area contributed by atoms with Crippen LogP contribution in [0.3, 0.4) is 0 Å². The van der Waals surface area contributed by atoms with Crippen molar-refractivity contribution in [3.05, 3.63) is 72.8 Å². The first kappa shape index (κ1) is 11.5. The standard InChI is InChI=1S/C16H14N2O/c19-16-3-1-2-15(10-16)14-6-4-13(5-7-14)11-18-9-8-17-12-18/h1-10,12,19H,11H2. The number of nitrogens with zero attached hydrogens (tertiary/aromatic N) is 2. The van der Waals surface area contributed by atoms with Crippen LogP contribution in [0.2, 0.25) is 0 Å². The lowest BCUT2D eigenvalue weighted by Gasteiger charge is -2.05. The zero-order chi connectivity index (χ0) is 13.1. The lowest BCUT2D eigenvalue weighted by Crippen LogP contribution is -1.95. The molecule has 3 heteroatoms. The van der Waals surface area contributed by atoms with Crippen molar-refractivity contribution in [2.24, 2.45) is 0 Å². The molecule has 1 aromatic heterocycles. The third kappa shape index (κ3) is 2.65. The summed E-state index contributed by atoms with van der Waals surface area (Å²) >= 11 is 0. The zero-order valence-corrected chi connectivity index (χ0v) is 10.4. The number of phenolic OH excluding ortho intramolecular Hbond substituents is 1. The smallest absolute Gasteiger partial charge is 0.116 e. The third-order valence-corrected chi connectivity index (χ3v) is 3.06. The van der Waals surface area contributed by atoms with E-state index in [2.05, 4.69) is 29.2 Å². The van der Waals surface area contributed by atoms with Crippen LogP contribution in [0.1, 0.15) is 5.56 Å². The number of rotatable bonds is 3. The quantitative estimate of drug-likeness (QED) is 0.774. The minimum absolute atomic E-state index is 0.292. The topological polar surface area (TPSA) is 38.0 Å². The maximum absolute atomic E-state index is 9.49. The molecular weight excluding hydrogens is 236 g/mol. The fourth-order valence-electron chi connectivity index (χ4n) is 2.08. The second kappa shape index (κ2) is 4.98. The van der Waals surface area contributed by atoms with Gasteiger partial charge in [0.15, 0.2) is 0 Å². The van der Waals surface area contributed by atoms with Crippen molar-refractivity contribution in [1.29, 1.82) is 0 Å². The molecule has 0 radical (unpaired) electrons. The van der Waals surface area contributed by atoms with E-state index >= 15 is 0 Å². The van der Waals surface area contributed by atoms with Gasteiger partial charge in [0.1, 0.15) is 5.75 Å². The molecule has 0 aliphatic heterocycles. The Morgan fingerprint density at radius 1 is 1.00 bits per heavy atom. The zero-order valence-electron chi connectivity index (χ0n) is 10.4. The van der Waals surface area contributed by atoms with Crippen LogP contribution < -0.4 is 0 Å². The Morgan fingerprint density at radius 3 is 2.53 bits per heavy atom. The Bertz CT molecular complexity index is 657. The first-order valence-corrected chi connectivity index (χ1v) is 6.15.